The first-order valence-electron chi connectivity index (χ1n) is 10.5. The zero-order valence-corrected chi connectivity index (χ0v) is 16.1. The summed E-state index contributed by atoms with van der Waals surface area (Å²) in [5, 5.41) is 0. The van der Waals surface area contributed by atoms with Crippen LogP contribution in [0.1, 0.15) is 58.3 Å². The zero-order valence-electron chi connectivity index (χ0n) is 16.1. The summed E-state index contributed by atoms with van der Waals surface area (Å²) in [7, 11) is 1.41. The van der Waals surface area contributed by atoms with E-state index in [9.17, 15) is 4.79 Å². The average Bonchev–Trinajstić information content (AvgIpc) is 3.07. The third kappa shape index (κ3) is 3.02. The number of fused-ring (bicyclic) bond motifs is 1. The van der Waals surface area contributed by atoms with Gasteiger partial charge in [0.1, 0.15) is 30.5 Å². The van der Waals surface area contributed by atoms with Crippen LogP contribution < -0.4 is 0 Å². The Labute approximate surface area is 159 Å². The lowest BCUT2D eigenvalue weighted by molar-refractivity contribution is -0.292. The molecule has 152 valence electrons. The Kier molecular flexibility index (Phi) is 4.71. The Morgan fingerprint density at radius 3 is 2.56 bits per heavy atom. The highest BCUT2D eigenvalue weighted by atomic mass is 16.8. The normalized spacial score (nSPS) is 49.7. The van der Waals surface area contributed by atoms with Crippen molar-refractivity contribution in [2.24, 2.45) is 0 Å². The van der Waals surface area contributed by atoms with Crippen molar-refractivity contribution in [2.45, 2.75) is 113 Å². The van der Waals surface area contributed by atoms with Crippen molar-refractivity contribution in [3.63, 3.8) is 0 Å². The SMILES string of the molecule is CCCCC[C@@]12C[C@H]3O[C@H]4[C@@H](O1)[C@H]1O[C@@H](CC(=O)OC)CC[C@@H]1O[C@H]4[C@@H]3O2. The van der Waals surface area contributed by atoms with Gasteiger partial charge in [0.2, 0.25) is 0 Å². The number of carbonyl (C=O) groups excluding carboxylic acids is 1. The third-order valence-corrected chi connectivity index (χ3v) is 6.81. The summed E-state index contributed by atoms with van der Waals surface area (Å²) >= 11 is 0. The molecule has 6 aliphatic heterocycles. The number of carbonyl (C=O) groups is 1. The zero-order chi connectivity index (χ0) is 18.6. The molecule has 0 aromatic rings. The molecule has 6 aliphatic rings. The van der Waals surface area contributed by atoms with Gasteiger partial charge in [-0.2, -0.15) is 0 Å². The third-order valence-electron chi connectivity index (χ3n) is 6.81. The van der Waals surface area contributed by atoms with Crippen molar-refractivity contribution < 1.29 is 33.2 Å². The number of ether oxygens (including phenoxy) is 6. The molecule has 0 spiro atoms. The van der Waals surface area contributed by atoms with E-state index in [2.05, 4.69) is 6.92 Å². The van der Waals surface area contributed by atoms with Crippen LogP contribution in [0.5, 0.6) is 0 Å². The van der Waals surface area contributed by atoms with E-state index in [4.69, 9.17) is 28.4 Å². The molecular weight excluding hydrogens is 352 g/mol. The first-order chi connectivity index (χ1) is 13.1. The Morgan fingerprint density at radius 1 is 0.963 bits per heavy atom. The van der Waals surface area contributed by atoms with Crippen LogP contribution in [0, 0.1) is 0 Å². The second kappa shape index (κ2) is 6.95. The molecule has 0 aromatic heterocycles. The average molecular weight is 382 g/mol. The highest BCUT2D eigenvalue weighted by molar-refractivity contribution is 5.69. The summed E-state index contributed by atoms with van der Waals surface area (Å²) in [6.07, 6.45) is 6.19. The van der Waals surface area contributed by atoms with Crippen LogP contribution in [0.15, 0.2) is 0 Å². The van der Waals surface area contributed by atoms with Gasteiger partial charge in [0.15, 0.2) is 5.79 Å². The van der Waals surface area contributed by atoms with E-state index < -0.39 is 5.79 Å². The van der Waals surface area contributed by atoms with E-state index in [0.717, 1.165) is 32.1 Å². The molecule has 7 heteroatoms. The predicted molar refractivity (Wildman–Crippen MR) is 93.1 cm³/mol. The van der Waals surface area contributed by atoms with Gasteiger partial charge >= 0.3 is 5.97 Å². The standard InChI is InChI=1S/C20H30O7/c1-3-4-5-8-20-10-13-16(26-20)17-18(25-13)19(27-20)15-12(24-17)7-6-11(23-15)9-14(21)22-2/h11-13,15-19H,3-10H2,1-2H3/t11-,12+,13-,15+,16-,17+,18-,19+,20+/m1/s1. The molecule has 0 radical (unpaired) electrons. The minimum absolute atomic E-state index is 0.0249. The molecule has 0 unspecified atom stereocenters. The number of rotatable bonds is 6. The van der Waals surface area contributed by atoms with Crippen LogP contribution in [0.2, 0.25) is 0 Å². The first-order valence-corrected chi connectivity index (χ1v) is 10.5. The van der Waals surface area contributed by atoms with E-state index in [0.29, 0.717) is 0 Å². The van der Waals surface area contributed by atoms with Gasteiger partial charge in [0, 0.05) is 12.8 Å². The van der Waals surface area contributed by atoms with Gasteiger partial charge in [-0.25, -0.2) is 0 Å². The molecule has 6 heterocycles. The fraction of sp³-hybridized carbons (Fsp3) is 0.950. The number of esters is 1. The van der Waals surface area contributed by atoms with Gasteiger partial charge in [0.25, 0.3) is 0 Å². The van der Waals surface area contributed by atoms with Crippen LogP contribution >= 0.6 is 0 Å². The summed E-state index contributed by atoms with van der Waals surface area (Å²) in [5.41, 5.74) is 0. The summed E-state index contributed by atoms with van der Waals surface area (Å²) in [4.78, 5) is 11.7. The van der Waals surface area contributed by atoms with Gasteiger partial charge in [-0.05, 0) is 19.3 Å². The van der Waals surface area contributed by atoms with Crippen LogP contribution in [0.4, 0.5) is 0 Å². The Morgan fingerprint density at radius 2 is 1.74 bits per heavy atom. The molecule has 9 atom stereocenters. The van der Waals surface area contributed by atoms with Crippen LogP contribution in [-0.4, -0.2) is 67.7 Å². The maximum atomic E-state index is 11.7. The fourth-order valence-electron chi connectivity index (χ4n) is 5.54. The number of methoxy groups -OCH3 is 1. The summed E-state index contributed by atoms with van der Waals surface area (Å²) in [6.45, 7) is 2.20. The van der Waals surface area contributed by atoms with Crippen molar-refractivity contribution in [2.75, 3.05) is 7.11 Å². The second-order valence-electron chi connectivity index (χ2n) is 8.60. The number of unbranched alkanes of at least 4 members (excludes halogenated alkanes) is 2. The molecule has 0 aliphatic carbocycles. The van der Waals surface area contributed by atoms with Crippen LogP contribution in [-0.2, 0) is 33.2 Å². The lowest BCUT2D eigenvalue weighted by atomic mass is 9.87. The van der Waals surface area contributed by atoms with Crippen molar-refractivity contribution in [1.29, 1.82) is 0 Å². The molecule has 0 aromatic carbocycles. The van der Waals surface area contributed by atoms with Crippen LogP contribution in [0.25, 0.3) is 0 Å². The minimum Gasteiger partial charge on any atom is -0.469 e. The maximum absolute atomic E-state index is 11.7. The second-order valence-corrected chi connectivity index (χ2v) is 8.60. The van der Waals surface area contributed by atoms with Gasteiger partial charge in [-0.3, -0.25) is 4.79 Å². The topological polar surface area (TPSA) is 72.5 Å². The monoisotopic (exact) mass is 382 g/mol. The van der Waals surface area contributed by atoms with Crippen molar-refractivity contribution in [3.8, 4) is 0 Å². The lowest BCUT2D eigenvalue weighted by Crippen LogP contribution is -2.61. The number of hydrogen-bond acceptors (Lipinski definition) is 7. The van der Waals surface area contributed by atoms with Gasteiger partial charge < -0.3 is 28.4 Å². The van der Waals surface area contributed by atoms with Gasteiger partial charge in [0.05, 0.1) is 31.8 Å². The number of hydrogen-bond donors (Lipinski definition) is 0. The molecule has 6 saturated heterocycles. The van der Waals surface area contributed by atoms with Crippen molar-refractivity contribution >= 4 is 5.97 Å². The van der Waals surface area contributed by atoms with Crippen molar-refractivity contribution in [3.05, 3.63) is 0 Å². The highest BCUT2D eigenvalue weighted by Crippen LogP contribution is 2.53. The lowest BCUT2D eigenvalue weighted by Gasteiger charge is -2.47. The molecular formula is C20H30O7. The molecule has 7 nitrogen and oxygen atoms in total. The summed E-state index contributed by atoms with van der Waals surface area (Å²) in [5.74, 6) is -0.816. The van der Waals surface area contributed by atoms with E-state index in [1.807, 2.05) is 0 Å². The smallest absolute Gasteiger partial charge is 0.308 e. The molecule has 6 fully saturated rings. The highest BCUT2D eigenvalue weighted by Gasteiger charge is 2.68. The molecule has 6 bridgehead atoms. The van der Waals surface area contributed by atoms with Gasteiger partial charge in [-0.15, -0.1) is 0 Å². The predicted octanol–water partition coefficient (Wildman–Crippen LogP) is 2.10. The van der Waals surface area contributed by atoms with Gasteiger partial charge in [-0.1, -0.05) is 19.8 Å². The molecule has 27 heavy (non-hydrogen) atoms. The largest absolute Gasteiger partial charge is 0.469 e. The maximum Gasteiger partial charge on any atom is 0.308 e. The van der Waals surface area contributed by atoms with Crippen LogP contribution in [0.3, 0.4) is 0 Å². The molecule has 6 rings (SSSR count). The van der Waals surface area contributed by atoms with E-state index in [1.165, 1.54) is 20.0 Å². The van der Waals surface area contributed by atoms with Crippen molar-refractivity contribution in [1.82, 2.24) is 0 Å². The first kappa shape index (κ1) is 18.3. The molecule has 0 N–H and O–H groups in total. The molecule has 0 saturated carbocycles. The summed E-state index contributed by atoms with van der Waals surface area (Å²) in [6, 6.07) is 0. The quantitative estimate of drug-likeness (QED) is 0.514. The fourth-order valence-corrected chi connectivity index (χ4v) is 5.54. The Balaban J connectivity index is 1.36. The Hall–Kier alpha value is -0.730. The Bertz CT molecular complexity index is 583. The summed E-state index contributed by atoms with van der Waals surface area (Å²) < 4.78 is 36.9. The van der Waals surface area contributed by atoms with E-state index >= 15 is 0 Å². The molecule has 0 amide bonds. The van der Waals surface area contributed by atoms with E-state index in [1.54, 1.807) is 0 Å². The minimum atomic E-state index is -0.574. The van der Waals surface area contributed by atoms with E-state index in [-0.39, 0.29) is 61.2 Å².